The quantitative estimate of drug-likeness (QED) is 0.739. The first kappa shape index (κ1) is 16.2. The summed E-state index contributed by atoms with van der Waals surface area (Å²) in [5, 5.41) is 16.9. The first-order valence-electron chi connectivity index (χ1n) is 5.95. The Kier molecular flexibility index (Phi) is 6.06. The van der Waals surface area contributed by atoms with Crippen LogP contribution in [0.3, 0.4) is 0 Å². The monoisotopic (exact) mass is 308 g/mol. The molecule has 0 radical (unpaired) electrons. The Morgan fingerprint density at radius 1 is 1.63 bits per heavy atom. The van der Waals surface area contributed by atoms with Gasteiger partial charge in [-0.25, -0.2) is 0 Å². The fourth-order valence-electron chi connectivity index (χ4n) is 2.16. The molecule has 3 atom stereocenters. The smallest absolute Gasteiger partial charge is 0.223 e. The number of nitrogens with two attached hydrogens (primary N) is 1. The van der Waals surface area contributed by atoms with Crippen LogP contribution < -0.4 is 11.1 Å². The summed E-state index contributed by atoms with van der Waals surface area (Å²) >= 11 is 5.73. The first-order chi connectivity index (χ1) is 8.56. The molecule has 1 amide bonds. The maximum atomic E-state index is 11.8. The third kappa shape index (κ3) is 4.35. The van der Waals surface area contributed by atoms with E-state index in [-0.39, 0.29) is 30.3 Å². The second-order valence-electron chi connectivity index (χ2n) is 4.61. The molecule has 6 nitrogen and oxygen atoms in total. The molecule has 1 aliphatic rings. The van der Waals surface area contributed by atoms with Gasteiger partial charge in [-0.05, 0) is 12.8 Å². The molecule has 1 fully saturated rings. The largest absolute Gasteiger partial charge is 0.391 e. The number of amides is 1. The molecular formula is C11H18Cl2N4O2. The van der Waals surface area contributed by atoms with Gasteiger partial charge in [0, 0.05) is 24.7 Å². The van der Waals surface area contributed by atoms with Gasteiger partial charge in [-0.1, -0.05) is 11.6 Å². The van der Waals surface area contributed by atoms with Crippen molar-refractivity contribution in [3.63, 3.8) is 0 Å². The van der Waals surface area contributed by atoms with E-state index in [1.807, 2.05) is 0 Å². The molecule has 2 rings (SSSR count). The second-order valence-corrected chi connectivity index (χ2v) is 5.05. The summed E-state index contributed by atoms with van der Waals surface area (Å²) in [5.41, 5.74) is 5.67. The van der Waals surface area contributed by atoms with E-state index >= 15 is 0 Å². The van der Waals surface area contributed by atoms with Crippen LogP contribution in [-0.2, 0) is 11.3 Å². The van der Waals surface area contributed by atoms with Gasteiger partial charge in [-0.15, -0.1) is 12.4 Å². The van der Waals surface area contributed by atoms with Crippen molar-refractivity contribution in [3.8, 4) is 0 Å². The molecule has 108 valence electrons. The third-order valence-corrected chi connectivity index (χ3v) is 3.38. The highest BCUT2D eigenvalue weighted by molar-refractivity contribution is 6.30. The van der Waals surface area contributed by atoms with Crippen LogP contribution in [0.15, 0.2) is 12.4 Å². The van der Waals surface area contributed by atoms with Crippen molar-refractivity contribution in [3.05, 3.63) is 17.4 Å². The number of aliphatic hydroxyl groups is 1. The van der Waals surface area contributed by atoms with E-state index in [2.05, 4.69) is 10.4 Å². The minimum absolute atomic E-state index is 0. The Morgan fingerprint density at radius 3 is 2.89 bits per heavy atom. The molecule has 1 saturated carbocycles. The lowest BCUT2D eigenvalue weighted by Gasteiger charge is -2.10. The lowest BCUT2D eigenvalue weighted by molar-refractivity contribution is -0.125. The molecule has 1 aliphatic carbocycles. The number of hydrogen-bond acceptors (Lipinski definition) is 4. The van der Waals surface area contributed by atoms with Crippen LogP contribution in [0.25, 0.3) is 0 Å². The number of hydrogen-bond donors (Lipinski definition) is 3. The van der Waals surface area contributed by atoms with Crippen molar-refractivity contribution in [2.24, 2.45) is 11.7 Å². The van der Waals surface area contributed by atoms with Crippen LogP contribution in [0.5, 0.6) is 0 Å². The molecule has 0 aliphatic heterocycles. The second kappa shape index (κ2) is 7.09. The van der Waals surface area contributed by atoms with E-state index in [1.54, 1.807) is 17.1 Å². The fourth-order valence-corrected chi connectivity index (χ4v) is 2.32. The standard InChI is InChI=1S/C11H17ClN4O2.ClH/c12-8-5-15-16(6-8)2-1-14-11(18)7-3-9(13)10(17)4-7;/h5-7,9-10,17H,1-4,13H2,(H,14,18);1H/t7-,9-,10-;/m0./s1. The van der Waals surface area contributed by atoms with E-state index < -0.39 is 6.10 Å². The molecule has 4 N–H and O–H groups in total. The Labute approximate surface area is 122 Å². The van der Waals surface area contributed by atoms with Gasteiger partial charge in [0.25, 0.3) is 0 Å². The van der Waals surface area contributed by atoms with Crippen LogP contribution in [0.1, 0.15) is 12.8 Å². The highest BCUT2D eigenvalue weighted by atomic mass is 35.5. The molecule has 8 heteroatoms. The molecular weight excluding hydrogens is 291 g/mol. The summed E-state index contributed by atoms with van der Waals surface area (Å²) < 4.78 is 1.66. The predicted octanol–water partition coefficient (Wildman–Crippen LogP) is 0.173. The average molecular weight is 309 g/mol. The van der Waals surface area contributed by atoms with Crippen LogP contribution in [0, 0.1) is 5.92 Å². The number of rotatable bonds is 4. The van der Waals surface area contributed by atoms with Gasteiger partial charge in [0.1, 0.15) is 0 Å². The molecule has 0 bridgehead atoms. The summed E-state index contributed by atoms with van der Waals surface area (Å²) in [7, 11) is 0. The topological polar surface area (TPSA) is 93.2 Å². The molecule has 0 unspecified atom stereocenters. The Hall–Kier alpha value is -0.820. The van der Waals surface area contributed by atoms with Gasteiger partial charge in [-0.2, -0.15) is 5.10 Å². The predicted molar refractivity (Wildman–Crippen MR) is 74.2 cm³/mol. The third-order valence-electron chi connectivity index (χ3n) is 3.19. The van der Waals surface area contributed by atoms with Gasteiger partial charge in [0.05, 0.1) is 23.9 Å². The zero-order valence-electron chi connectivity index (χ0n) is 10.3. The van der Waals surface area contributed by atoms with Crippen LogP contribution in [0.4, 0.5) is 0 Å². The summed E-state index contributed by atoms with van der Waals surface area (Å²) in [6.45, 7) is 1.05. The lowest BCUT2D eigenvalue weighted by Crippen LogP contribution is -2.32. The zero-order valence-corrected chi connectivity index (χ0v) is 11.9. The highest BCUT2D eigenvalue weighted by Crippen LogP contribution is 2.24. The van der Waals surface area contributed by atoms with Crippen molar-refractivity contribution in [1.29, 1.82) is 0 Å². The minimum Gasteiger partial charge on any atom is -0.391 e. The normalized spacial score (nSPS) is 25.9. The summed E-state index contributed by atoms with van der Waals surface area (Å²) in [6.07, 6.45) is 3.67. The van der Waals surface area contributed by atoms with E-state index in [1.165, 1.54) is 0 Å². The molecule has 19 heavy (non-hydrogen) atoms. The summed E-state index contributed by atoms with van der Waals surface area (Å²) in [4.78, 5) is 11.8. The van der Waals surface area contributed by atoms with Gasteiger partial charge in [0.15, 0.2) is 0 Å². The van der Waals surface area contributed by atoms with Crippen LogP contribution >= 0.6 is 24.0 Å². The van der Waals surface area contributed by atoms with Gasteiger partial charge < -0.3 is 16.2 Å². The van der Waals surface area contributed by atoms with Crippen molar-refractivity contribution in [2.75, 3.05) is 6.54 Å². The maximum absolute atomic E-state index is 11.8. The molecule has 1 aromatic rings. The number of carbonyl (C=O) groups is 1. The van der Waals surface area contributed by atoms with Crippen molar-refractivity contribution < 1.29 is 9.90 Å². The molecule has 0 saturated heterocycles. The number of nitrogens with zero attached hydrogens (tertiary/aromatic N) is 2. The number of carbonyl (C=O) groups excluding carboxylic acids is 1. The highest BCUT2D eigenvalue weighted by Gasteiger charge is 2.34. The number of aliphatic hydroxyl groups excluding tert-OH is 1. The van der Waals surface area contributed by atoms with Crippen molar-refractivity contribution >= 4 is 29.9 Å². The minimum atomic E-state index is -0.564. The molecule has 1 heterocycles. The number of halogens is 2. The Balaban J connectivity index is 0.00000180. The first-order valence-corrected chi connectivity index (χ1v) is 6.33. The SMILES string of the molecule is Cl.N[C@H]1C[C@H](C(=O)NCCn2cc(Cl)cn2)C[C@@H]1O. The van der Waals surface area contributed by atoms with Gasteiger partial charge in [-0.3, -0.25) is 9.48 Å². The fraction of sp³-hybridized carbons (Fsp3) is 0.636. The Bertz CT molecular complexity index is 417. The summed E-state index contributed by atoms with van der Waals surface area (Å²) in [5.74, 6) is -0.239. The van der Waals surface area contributed by atoms with Gasteiger partial charge >= 0.3 is 0 Å². The molecule has 0 spiro atoms. The zero-order chi connectivity index (χ0) is 13.1. The van der Waals surface area contributed by atoms with E-state index in [4.69, 9.17) is 17.3 Å². The van der Waals surface area contributed by atoms with E-state index in [0.29, 0.717) is 31.0 Å². The maximum Gasteiger partial charge on any atom is 0.223 e. The van der Waals surface area contributed by atoms with Crippen LogP contribution in [-0.4, -0.2) is 39.5 Å². The van der Waals surface area contributed by atoms with E-state index in [9.17, 15) is 9.90 Å². The summed E-state index contributed by atoms with van der Waals surface area (Å²) in [6, 6.07) is -0.286. The van der Waals surface area contributed by atoms with Crippen LogP contribution in [0.2, 0.25) is 5.02 Å². The Morgan fingerprint density at radius 2 is 2.37 bits per heavy atom. The number of nitrogens with one attached hydrogen (secondary N) is 1. The molecule has 0 aromatic carbocycles. The molecule has 1 aromatic heterocycles. The van der Waals surface area contributed by atoms with Crippen molar-refractivity contribution in [1.82, 2.24) is 15.1 Å². The average Bonchev–Trinajstić information content (AvgIpc) is 2.87. The van der Waals surface area contributed by atoms with E-state index in [0.717, 1.165) is 0 Å². The lowest BCUT2D eigenvalue weighted by atomic mass is 10.1. The number of aromatic nitrogens is 2. The van der Waals surface area contributed by atoms with Crippen molar-refractivity contribution in [2.45, 2.75) is 31.5 Å². The van der Waals surface area contributed by atoms with Gasteiger partial charge in [0.2, 0.25) is 5.91 Å².